The molecule has 0 atom stereocenters. The van der Waals surface area contributed by atoms with Crippen LogP contribution in [0.25, 0.3) is 0 Å². The second kappa shape index (κ2) is 10.3. The zero-order valence-corrected chi connectivity index (χ0v) is 18.1. The van der Waals surface area contributed by atoms with E-state index in [1.165, 1.54) is 5.56 Å². The molecule has 0 fully saturated rings. The molecule has 0 aromatic heterocycles. The number of amides is 3. The topological polar surface area (TPSA) is 73.5 Å². The van der Waals surface area contributed by atoms with Crippen molar-refractivity contribution in [2.45, 2.75) is 13.3 Å². The molecule has 0 bridgehead atoms. The smallest absolute Gasteiger partial charge is 0.323 e. The van der Waals surface area contributed by atoms with Crippen LogP contribution >= 0.6 is 0 Å². The van der Waals surface area contributed by atoms with Gasteiger partial charge in [-0.25, -0.2) is 4.79 Å². The average molecular weight is 417 g/mol. The van der Waals surface area contributed by atoms with Crippen LogP contribution in [0.3, 0.4) is 0 Å². The second-order valence-corrected chi connectivity index (χ2v) is 7.57. The van der Waals surface area contributed by atoms with Gasteiger partial charge in [-0.05, 0) is 54.8 Å². The molecule has 3 amide bonds. The molecule has 0 aliphatic rings. The van der Waals surface area contributed by atoms with E-state index in [2.05, 4.69) is 16.0 Å². The first-order valence-corrected chi connectivity index (χ1v) is 10.2. The summed E-state index contributed by atoms with van der Waals surface area (Å²) in [6, 6.07) is 22.5. The highest BCUT2D eigenvalue weighted by molar-refractivity contribution is 6.04. The minimum absolute atomic E-state index is 0.178. The Morgan fingerprint density at radius 2 is 1.55 bits per heavy atom. The molecular weight excluding hydrogens is 388 g/mol. The molecule has 6 nitrogen and oxygen atoms in total. The zero-order chi connectivity index (χ0) is 22.2. The lowest BCUT2D eigenvalue weighted by Crippen LogP contribution is -2.28. The fourth-order valence-electron chi connectivity index (χ4n) is 3.26. The molecule has 0 radical (unpaired) electrons. The lowest BCUT2D eigenvalue weighted by molar-refractivity contribution is 0.0954. The first-order chi connectivity index (χ1) is 14.9. The Morgan fingerprint density at radius 1 is 0.839 bits per heavy atom. The van der Waals surface area contributed by atoms with Crippen LogP contribution in [0.1, 0.15) is 21.5 Å². The minimum Gasteiger partial charge on any atom is -0.377 e. The van der Waals surface area contributed by atoms with Crippen LogP contribution < -0.4 is 20.9 Å². The molecule has 0 unspecified atom stereocenters. The van der Waals surface area contributed by atoms with Crippen LogP contribution in [0, 0.1) is 6.92 Å². The van der Waals surface area contributed by atoms with Crippen molar-refractivity contribution in [3.63, 3.8) is 0 Å². The summed E-state index contributed by atoms with van der Waals surface area (Å²) in [5.74, 6) is -0.178. The normalized spacial score (nSPS) is 10.3. The van der Waals surface area contributed by atoms with E-state index in [0.717, 1.165) is 17.7 Å². The van der Waals surface area contributed by atoms with Crippen LogP contribution in [-0.2, 0) is 6.42 Å². The van der Waals surface area contributed by atoms with Gasteiger partial charge in [0.1, 0.15) is 0 Å². The molecular formula is C25H28N4O2. The van der Waals surface area contributed by atoms with Crippen molar-refractivity contribution in [2.75, 3.05) is 36.2 Å². The van der Waals surface area contributed by atoms with E-state index in [0.29, 0.717) is 23.5 Å². The van der Waals surface area contributed by atoms with Gasteiger partial charge < -0.3 is 20.9 Å². The van der Waals surface area contributed by atoms with Gasteiger partial charge in [-0.2, -0.15) is 0 Å². The molecule has 3 rings (SSSR count). The van der Waals surface area contributed by atoms with E-state index >= 15 is 0 Å². The van der Waals surface area contributed by atoms with Gasteiger partial charge in [0.2, 0.25) is 0 Å². The lowest BCUT2D eigenvalue weighted by Gasteiger charge is -2.18. The van der Waals surface area contributed by atoms with E-state index < -0.39 is 0 Å². The van der Waals surface area contributed by atoms with Crippen molar-refractivity contribution in [1.29, 1.82) is 0 Å². The molecule has 6 heteroatoms. The Hall–Kier alpha value is -3.80. The number of hydrogen-bond donors (Lipinski definition) is 3. The molecule has 0 heterocycles. The summed E-state index contributed by atoms with van der Waals surface area (Å²) in [7, 11) is 3.77. The number of benzene rings is 3. The van der Waals surface area contributed by atoms with Gasteiger partial charge in [-0.3, -0.25) is 4.79 Å². The number of aryl methyl sites for hydroxylation is 1. The predicted molar refractivity (Wildman–Crippen MR) is 127 cm³/mol. The van der Waals surface area contributed by atoms with Gasteiger partial charge in [-0.1, -0.05) is 42.5 Å². The van der Waals surface area contributed by atoms with E-state index in [9.17, 15) is 9.59 Å². The third kappa shape index (κ3) is 6.34. The van der Waals surface area contributed by atoms with Crippen molar-refractivity contribution in [3.8, 4) is 0 Å². The highest BCUT2D eigenvalue weighted by atomic mass is 16.2. The highest BCUT2D eigenvalue weighted by Gasteiger charge is 2.15. The van der Waals surface area contributed by atoms with Crippen molar-refractivity contribution in [1.82, 2.24) is 5.32 Å². The Balaban J connectivity index is 1.67. The largest absolute Gasteiger partial charge is 0.377 e. The van der Waals surface area contributed by atoms with Gasteiger partial charge in [-0.15, -0.1) is 0 Å². The first-order valence-electron chi connectivity index (χ1n) is 10.2. The van der Waals surface area contributed by atoms with E-state index in [1.807, 2.05) is 86.6 Å². The molecule has 3 aromatic rings. The van der Waals surface area contributed by atoms with E-state index in [-0.39, 0.29) is 11.9 Å². The molecule has 160 valence electrons. The number of urea groups is 1. The average Bonchev–Trinajstić information content (AvgIpc) is 2.74. The third-order valence-electron chi connectivity index (χ3n) is 4.80. The summed E-state index contributed by atoms with van der Waals surface area (Å²) in [6.45, 7) is 2.49. The first kappa shape index (κ1) is 21.9. The van der Waals surface area contributed by atoms with Crippen molar-refractivity contribution in [2.24, 2.45) is 0 Å². The summed E-state index contributed by atoms with van der Waals surface area (Å²) < 4.78 is 0. The number of nitrogens with one attached hydrogen (secondary N) is 3. The maximum absolute atomic E-state index is 12.9. The second-order valence-electron chi connectivity index (χ2n) is 7.57. The maximum atomic E-state index is 12.9. The summed E-state index contributed by atoms with van der Waals surface area (Å²) in [6.07, 6.45) is 0.751. The highest BCUT2D eigenvalue weighted by Crippen LogP contribution is 2.23. The lowest BCUT2D eigenvalue weighted by atomic mass is 10.1. The molecule has 0 saturated heterocycles. The molecule has 31 heavy (non-hydrogen) atoms. The number of nitrogens with zero attached hydrogens (tertiary/aromatic N) is 1. The summed E-state index contributed by atoms with van der Waals surface area (Å²) >= 11 is 0. The quantitative estimate of drug-likeness (QED) is 0.524. The minimum atomic E-state index is -0.362. The van der Waals surface area contributed by atoms with Crippen LogP contribution in [0.4, 0.5) is 21.9 Å². The van der Waals surface area contributed by atoms with E-state index in [4.69, 9.17) is 0 Å². The van der Waals surface area contributed by atoms with Gasteiger partial charge in [0, 0.05) is 37.7 Å². The fourth-order valence-corrected chi connectivity index (χ4v) is 3.26. The molecule has 3 aromatic carbocycles. The number of carbonyl (C=O) groups excluding carboxylic acids is 2. The standard InChI is InChI=1S/C25H28N4O2/c1-18-8-7-11-20(16-18)27-25(31)28-21-12-13-23(29(2)3)22(17-21)24(30)26-15-14-19-9-5-4-6-10-19/h4-13,16-17H,14-15H2,1-3H3,(H,26,30)(H2,27,28,31). The summed E-state index contributed by atoms with van der Waals surface area (Å²) in [5.41, 5.74) is 4.76. The SMILES string of the molecule is Cc1cccc(NC(=O)Nc2ccc(N(C)C)c(C(=O)NCCc3ccccc3)c2)c1. The maximum Gasteiger partial charge on any atom is 0.323 e. The summed E-state index contributed by atoms with van der Waals surface area (Å²) in [4.78, 5) is 27.1. The molecule has 0 spiro atoms. The fraction of sp³-hybridized carbons (Fsp3) is 0.200. The van der Waals surface area contributed by atoms with Gasteiger partial charge in [0.15, 0.2) is 0 Å². The Bertz CT molecular complexity index is 1050. The number of rotatable bonds is 7. The van der Waals surface area contributed by atoms with Crippen molar-refractivity contribution in [3.05, 3.63) is 89.5 Å². The predicted octanol–water partition coefficient (Wildman–Crippen LogP) is 4.68. The zero-order valence-electron chi connectivity index (χ0n) is 18.1. The van der Waals surface area contributed by atoms with Crippen molar-refractivity contribution < 1.29 is 9.59 Å². The monoisotopic (exact) mass is 416 g/mol. The van der Waals surface area contributed by atoms with E-state index in [1.54, 1.807) is 12.1 Å². The Labute approximate surface area is 183 Å². The van der Waals surface area contributed by atoms with Crippen LogP contribution in [0.15, 0.2) is 72.8 Å². The van der Waals surface area contributed by atoms with Crippen molar-refractivity contribution >= 4 is 29.0 Å². The van der Waals surface area contributed by atoms with Gasteiger partial charge in [0.05, 0.1) is 5.56 Å². The summed E-state index contributed by atoms with van der Waals surface area (Å²) in [5, 5.41) is 8.59. The van der Waals surface area contributed by atoms with Crippen LogP contribution in [0.5, 0.6) is 0 Å². The molecule has 0 aliphatic carbocycles. The van der Waals surface area contributed by atoms with Crippen LogP contribution in [-0.4, -0.2) is 32.6 Å². The van der Waals surface area contributed by atoms with Gasteiger partial charge in [0.25, 0.3) is 5.91 Å². The molecule has 0 saturated carbocycles. The molecule has 0 aliphatic heterocycles. The Kier molecular flexibility index (Phi) is 7.27. The number of carbonyl (C=O) groups is 2. The van der Waals surface area contributed by atoms with Crippen LogP contribution in [0.2, 0.25) is 0 Å². The Morgan fingerprint density at radius 3 is 2.23 bits per heavy atom. The number of anilines is 3. The number of hydrogen-bond acceptors (Lipinski definition) is 3. The van der Waals surface area contributed by atoms with Gasteiger partial charge >= 0.3 is 6.03 Å². The molecule has 3 N–H and O–H groups in total. The third-order valence-corrected chi connectivity index (χ3v) is 4.80.